The molecule has 4 heteroatoms. The molecule has 2 amide bonds. The maximum Gasteiger partial charge on any atom is 0.229 e. The lowest BCUT2D eigenvalue weighted by Gasteiger charge is -2.12. The highest BCUT2D eigenvalue weighted by Crippen LogP contribution is 2.29. The molecule has 15 heavy (non-hydrogen) atoms. The third kappa shape index (κ3) is 2.37. The maximum atomic E-state index is 11.3. The highest BCUT2D eigenvalue weighted by atomic mass is 16.6. The van der Waals surface area contributed by atoms with Crippen LogP contribution in [0.5, 0.6) is 0 Å². The van der Waals surface area contributed by atoms with Crippen LogP contribution in [0, 0.1) is 0 Å². The summed E-state index contributed by atoms with van der Waals surface area (Å²) in [6, 6.07) is 0. The van der Waals surface area contributed by atoms with Crippen LogP contribution < -0.4 is 0 Å². The minimum atomic E-state index is -0.0104. The first kappa shape index (κ1) is 10.6. The molecule has 0 spiro atoms. The minimum Gasteiger partial charge on any atom is -0.370 e. The average molecular weight is 211 g/mol. The van der Waals surface area contributed by atoms with E-state index in [0.29, 0.717) is 31.6 Å². The van der Waals surface area contributed by atoms with Crippen LogP contribution in [0.15, 0.2) is 0 Å². The molecule has 0 saturated carbocycles. The highest BCUT2D eigenvalue weighted by molar-refractivity contribution is 6.01. The lowest BCUT2D eigenvalue weighted by atomic mass is 10.1. The van der Waals surface area contributed by atoms with Crippen molar-refractivity contribution in [2.24, 2.45) is 0 Å². The van der Waals surface area contributed by atoms with Crippen molar-refractivity contribution in [2.45, 2.75) is 51.2 Å². The monoisotopic (exact) mass is 211 g/mol. The molecule has 2 atom stereocenters. The van der Waals surface area contributed by atoms with Crippen LogP contribution in [-0.2, 0) is 14.3 Å². The number of likely N-dealkylation sites (tertiary alicyclic amines) is 1. The van der Waals surface area contributed by atoms with Gasteiger partial charge in [0, 0.05) is 19.4 Å². The molecule has 2 heterocycles. The summed E-state index contributed by atoms with van der Waals surface area (Å²) in [5, 5.41) is 0. The molecule has 84 valence electrons. The summed E-state index contributed by atoms with van der Waals surface area (Å²) in [5.74, 6) is -0.0208. The number of carbonyl (C=O) groups excluding carboxylic acids is 2. The van der Waals surface area contributed by atoms with Gasteiger partial charge in [-0.05, 0) is 19.3 Å². The molecule has 2 rings (SSSR count). The Kier molecular flexibility index (Phi) is 3.05. The summed E-state index contributed by atoms with van der Waals surface area (Å²) in [5.41, 5.74) is 0. The van der Waals surface area contributed by atoms with Crippen molar-refractivity contribution in [3.8, 4) is 0 Å². The molecular formula is C11H17NO3. The van der Waals surface area contributed by atoms with Crippen LogP contribution in [-0.4, -0.2) is 35.5 Å². The number of hydrogen-bond acceptors (Lipinski definition) is 3. The molecule has 2 aliphatic heterocycles. The van der Waals surface area contributed by atoms with Gasteiger partial charge in [0.1, 0.15) is 0 Å². The molecule has 0 N–H and O–H groups in total. The lowest BCUT2D eigenvalue weighted by molar-refractivity contribution is -0.138. The second-order valence-electron chi connectivity index (χ2n) is 4.20. The number of carbonyl (C=O) groups is 2. The van der Waals surface area contributed by atoms with E-state index in [1.807, 2.05) is 0 Å². The van der Waals surface area contributed by atoms with Crippen molar-refractivity contribution in [1.82, 2.24) is 4.90 Å². The Morgan fingerprint density at radius 2 is 1.93 bits per heavy atom. The molecule has 2 saturated heterocycles. The van der Waals surface area contributed by atoms with E-state index >= 15 is 0 Å². The first-order valence-corrected chi connectivity index (χ1v) is 5.71. The topological polar surface area (TPSA) is 49.9 Å². The van der Waals surface area contributed by atoms with Gasteiger partial charge in [0.05, 0.1) is 12.2 Å². The van der Waals surface area contributed by atoms with Gasteiger partial charge in [-0.2, -0.15) is 0 Å². The Bertz CT molecular complexity index is 261. The molecule has 0 radical (unpaired) electrons. The van der Waals surface area contributed by atoms with Gasteiger partial charge < -0.3 is 4.74 Å². The molecule has 0 aromatic heterocycles. The maximum absolute atomic E-state index is 11.3. The normalized spacial score (nSPS) is 30.1. The SMILES string of the molecule is CCC1OC1CCCN1C(=O)CCC1=O. The van der Waals surface area contributed by atoms with E-state index in [2.05, 4.69) is 6.92 Å². The molecule has 0 aromatic carbocycles. The number of ether oxygens (including phenoxy) is 1. The van der Waals surface area contributed by atoms with Gasteiger partial charge in [0.25, 0.3) is 0 Å². The number of hydrogen-bond donors (Lipinski definition) is 0. The van der Waals surface area contributed by atoms with Gasteiger partial charge in [0.2, 0.25) is 11.8 Å². The van der Waals surface area contributed by atoms with E-state index in [1.165, 1.54) is 4.90 Å². The molecule has 2 aliphatic rings. The molecule has 4 nitrogen and oxygen atoms in total. The number of nitrogens with zero attached hydrogens (tertiary/aromatic N) is 1. The van der Waals surface area contributed by atoms with E-state index in [-0.39, 0.29) is 11.8 Å². The van der Waals surface area contributed by atoms with Crippen LogP contribution in [0.4, 0.5) is 0 Å². The summed E-state index contributed by atoms with van der Waals surface area (Å²) >= 11 is 0. The van der Waals surface area contributed by atoms with Crippen molar-refractivity contribution in [2.75, 3.05) is 6.54 Å². The van der Waals surface area contributed by atoms with Crippen LogP contribution in [0.2, 0.25) is 0 Å². The number of epoxide rings is 1. The Balaban J connectivity index is 1.65. The smallest absolute Gasteiger partial charge is 0.229 e. The van der Waals surface area contributed by atoms with Crippen LogP contribution in [0.25, 0.3) is 0 Å². The summed E-state index contributed by atoms with van der Waals surface area (Å²) in [6.07, 6.45) is 4.51. The van der Waals surface area contributed by atoms with Gasteiger partial charge in [-0.1, -0.05) is 6.92 Å². The van der Waals surface area contributed by atoms with E-state index in [4.69, 9.17) is 4.74 Å². The van der Waals surface area contributed by atoms with E-state index in [1.54, 1.807) is 0 Å². The molecule has 0 bridgehead atoms. The molecule has 0 aromatic rings. The second kappa shape index (κ2) is 4.31. The molecule has 0 aliphatic carbocycles. The van der Waals surface area contributed by atoms with E-state index in [9.17, 15) is 9.59 Å². The Morgan fingerprint density at radius 3 is 2.47 bits per heavy atom. The van der Waals surface area contributed by atoms with Crippen LogP contribution in [0.3, 0.4) is 0 Å². The lowest BCUT2D eigenvalue weighted by Crippen LogP contribution is -2.30. The Morgan fingerprint density at radius 1 is 1.27 bits per heavy atom. The largest absolute Gasteiger partial charge is 0.370 e. The molecule has 2 fully saturated rings. The highest BCUT2D eigenvalue weighted by Gasteiger charge is 2.36. The van der Waals surface area contributed by atoms with E-state index in [0.717, 1.165) is 19.3 Å². The van der Waals surface area contributed by atoms with Crippen LogP contribution >= 0.6 is 0 Å². The third-order valence-corrected chi connectivity index (χ3v) is 3.12. The molecule has 2 unspecified atom stereocenters. The zero-order chi connectivity index (χ0) is 10.8. The van der Waals surface area contributed by atoms with Gasteiger partial charge in [0.15, 0.2) is 0 Å². The predicted molar refractivity (Wildman–Crippen MR) is 54.1 cm³/mol. The number of imide groups is 1. The third-order valence-electron chi connectivity index (χ3n) is 3.12. The molecular weight excluding hydrogens is 194 g/mol. The quantitative estimate of drug-likeness (QED) is 0.505. The fourth-order valence-corrected chi connectivity index (χ4v) is 2.12. The van der Waals surface area contributed by atoms with Crippen LogP contribution in [0.1, 0.15) is 39.0 Å². The first-order chi connectivity index (χ1) is 7.22. The Hall–Kier alpha value is -0.900. The summed E-state index contributed by atoms with van der Waals surface area (Å²) in [6.45, 7) is 2.69. The van der Waals surface area contributed by atoms with Crippen molar-refractivity contribution in [3.05, 3.63) is 0 Å². The average Bonchev–Trinajstić information content (AvgIpc) is 2.92. The minimum absolute atomic E-state index is 0.0104. The van der Waals surface area contributed by atoms with Crippen molar-refractivity contribution >= 4 is 11.8 Å². The van der Waals surface area contributed by atoms with E-state index < -0.39 is 0 Å². The van der Waals surface area contributed by atoms with Gasteiger partial charge >= 0.3 is 0 Å². The predicted octanol–water partition coefficient (Wildman–Crippen LogP) is 1.09. The number of rotatable bonds is 5. The zero-order valence-electron chi connectivity index (χ0n) is 9.07. The fourth-order valence-electron chi connectivity index (χ4n) is 2.12. The summed E-state index contributed by atoms with van der Waals surface area (Å²) in [4.78, 5) is 23.9. The zero-order valence-corrected chi connectivity index (χ0v) is 9.07. The summed E-state index contributed by atoms with van der Waals surface area (Å²) < 4.78 is 5.40. The standard InChI is InChI=1S/C11H17NO3/c1-2-8-9(15-8)4-3-7-12-10(13)5-6-11(12)14/h8-9H,2-7H2,1H3. The van der Waals surface area contributed by atoms with Crippen molar-refractivity contribution in [1.29, 1.82) is 0 Å². The summed E-state index contributed by atoms with van der Waals surface area (Å²) in [7, 11) is 0. The second-order valence-corrected chi connectivity index (χ2v) is 4.20. The number of amides is 2. The fraction of sp³-hybridized carbons (Fsp3) is 0.818. The van der Waals surface area contributed by atoms with Gasteiger partial charge in [-0.3, -0.25) is 14.5 Å². The van der Waals surface area contributed by atoms with Gasteiger partial charge in [-0.25, -0.2) is 0 Å². The van der Waals surface area contributed by atoms with Crippen molar-refractivity contribution < 1.29 is 14.3 Å². The van der Waals surface area contributed by atoms with Crippen molar-refractivity contribution in [3.63, 3.8) is 0 Å². The van der Waals surface area contributed by atoms with Gasteiger partial charge in [-0.15, -0.1) is 0 Å². The Labute approximate surface area is 89.6 Å². The first-order valence-electron chi connectivity index (χ1n) is 5.71.